The largest absolute Gasteiger partial charge is 0.444 e. The number of ether oxygens (including phenoxy) is 10. The number of amides is 5. The van der Waals surface area contributed by atoms with Gasteiger partial charge in [0.05, 0.1) is 36.9 Å². The van der Waals surface area contributed by atoms with Gasteiger partial charge in [-0.2, -0.15) is 0 Å². The lowest BCUT2D eigenvalue weighted by molar-refractivity contribution is -0.376. The van der Waals surface area contributed by atoms with Crippen molar-refractivity contribution < 1.29 is 86.7 Å². The summed E-state index contributed by atoms with van der Waals surface area (Å²) in [4.78, 5) is 66.3. The Kier molecular flexibility index (Phi) is 20.6. The van der Waals surface area contributed by atoms with E-state index in [0.29, 0.717) is 32.2 Å². The van der Waals surface area contributed by atoms with Crippen LogP contribution in [0.2, 0.25) is 0 Å². The minimum Gasteiger partial charge on any atom is -0.444 e. The molecule has 14 atom stereocenters. The number of hydrogen-bond donors (Lipinski definition) is 9. The summed E-state index contributed by atoms with van der Waals surface area (Å²) in [5, 5.41) is 49.4. The number of carbonyl (C=O) groups is 5. The van der Waals surface area contributed by atoms with E-state index >= 15 is 0 Å². The van der Waals surface area contributed by atoms with E-state index in [0.717, 1.165) is 0 Å². The van der Waals surface area contributed by atoms with E-state index in [1.807, 2.05) is 0 Å². The minimum absolute atomic E-state index is 0.0857. The van der Waals surface area contributed by atoms with Crippen LogP contribution < -0.4 is 32.3 Å². The first kappa shape index (κ1) is 59.7. The van der Waals surface area contributed by atoms with Crippen molar-refractivity contribution in [2.45, 2.75) is 249 Å². The summed E-state index contributed by atoms with van der Waals surface area (Å²) in [5.41, 5.74) is 2.28. The molecule has 1 aliphatic carbocycles. The second kappa shape index (κ2) is 24.5. The summed E-state index contributed by atoms with van der Waals surface area (Å²) in [6.07, 6.45) is -15.5. The maximum atomic E-state index is 13.9. The summed E-state index contributed by atoms with van der Waals surface area (Å²) in [6.45, 7) is 23.6. The normalized spacial score (nSPS) is 31.7. The zero-order valence-corrected chi connectivity index (χ0v) is 44.0. The molecule has 24 nitrogen and oxygen atoms in total. The fraction of sp³-hybridized carbons (Fsp3) is 0.894. The maximum absolute atomic E-state index is 13.9. The summed E-state index contributed by atoms with van der Waals surface area (Å²) in [5.74, 6) is -2.12. The van der Waals surface area contributed by atoms with Gasteiger partial charge in [-0.3, -0.25) is 4.79 Å². The van der Waals surface area contributed by atoms with Gasteiger partial charge in [-0.15, -0.1) is 0 Å². The van der Waals surface area contributed by atoms with E-state index in [2.05, 4.69) is 26.6 Å². The summed E-state index contributed by atoms with van der Waals surface area (Å²) in [6, 6.07) is -4.61. The van der Waals surface area contributed by atoms with Crippen LogP contribution >= 0.6 is 0 Å². The molecule has 410 valence electrons. The highest BCUT2D eigenvalue weighted by Gasteiger charge is 2.56. The van der Waals surface area contributed by atoms with E-state index in [9.17, 15) is 39.3 Å². The van der Waals surface area contributed by atoms with Crippen LogP contribution in [0.3, 0.4) is 0 Å². The number of fused-ring (bicyclic) bond motifs is 1. The molecule has 24 heteroatoms. The number of aliphatic hydroxyl groups excluding tert-OH is 3. The average Bonchev–Trinajstić information content (AvgIpc) is 3.19. The molecule has 71 heavy (non-hydrogen) atoms. The molecule has 5 amide bonds. The lowest BCUT2D eigenvalue weighted by atomic mass is 9.83. The zero-order valence-electron chi connectivity index (χ0n) is 44.0. The second-order valence-electron chi connectivity index (χ2n) is 22.9. The third-order valence-electron chi connectivity index (χ3n) is 11.2. The van der Waals surface area contributed by atoms with E-state index in [-0.39, 0.29) is 32.1 Å². The molecule has 4 fully saturated rings. The Hall–Kier alpha value is -3.85. The van der Waals surface area contributed by atoms with Gasteiger partial charge in [0.2, 0.25) is 5.91 Å². The van der Waals surface area contributed by atoms with Gasteiger partial charge in [0.25, 0.3) is 0 Å². The molecule has 10 N–H and O–H groups in total. The summed E-state index contributed by atoms with van der Waals surface area (Å²) >= 11 is 0. The molecular weight excluding hydrogens is 937 g/mol. The van der Waals surface area contributed by atoms with Crippen LogP contribution in [0.5, 0.6) is 0 Å². The SMILES string of the molecule is CC(C)(C)OC(=O)NCC[C@H](O)C(=O)N[C@@H]1C[C@H](NC(=O)OC(C)(C)C)C(O[C@H]2OC(CCCN)CCC2NC(=O)OC(C)(C)C)C(O)[C@H]1O[C@H]1OC2COC(C)(C)O[C@H]2[C@H](NC(=O)OC(C)(C)C)C1O. The fourth-order valence-corrected chi connectivity index (χ4v) is 8.36. The molecule has 0 bridgehead atoms. The van der Waals surface area contributed by atoms with Gasteiger partial charge < -0.3 is 95.0 Å². The van der Waals surface area contributed by atoms with Gasteiger partial charge in [-0.05, 0) is 142 Å². The number of rotatable bonds is 15. The number of aliphatic hydroxyl groups is 3. The zero-order chi connectivity index (χ0) is 53.4. The average molecular weight is 1020 g/mol. The number of nitrogens with two attached hydrogens (primary N) is 1. The lowest BCUT2D eigenvalue weighted by Gasteiger charge is -2.52. The number of nitrogens with one attached hydrogen (secondary N) is 5. The van der Waals surface area contributed by atoms with Gasteiger partial charge >= 0.3 is 24.4 Å². The van der Waals surface area contributed by atoms with Crippen molar-refractivity contribution in [2.24, 2.45) is 5.73 Å². The highest BCUT2D eigenvalue weighted by molar-refractivity contribution is 5.81. The van der Waals surface area contributed by atoms with Crippen LogP contribution in [-0.4, -0.2) is 179 Å². The Morgan fingerprint density at radius 3 is 1.73 bits per heavy atom. The Morgan fingerprint density at radius 2 is 1.18 bits per heavy atom. The molecule has 3 saturated heterocycles. The minimum atomic E-state index is -1.85. The Morgan fingerprint density at radius 1 is 0.676 bits per heavy atom. The van der Waals surface area contributed by atoms with Crippen LogP contribution in [0, 0.1) is 0 Å². The second-order valence-corrected chi connectivity index (χ2v) is 22.9. The van der Waals surface area contributed by atoms with Crippen molar-refractivity contribution >= 4 is 30.3 Å². The van der Waals surface area contributed by atoms with Crippen molar-refractivity contribution in [3.05, 3.63) is 0 Å². The van der Waals surface area contributed by atoms with Crippen LogP contribution in [-0.2, 0) is 52.2 Å². The molecule has 4 rings (SSSR count). The molecular formula is C47H84N6O18. The molecule has 6 unspecified atom stereocenters. The Balaban J connectivity index is 1.76. The molecule has 3 heterocycles. The summed E-state index contributed by atoms with van der Waals surface area (Å²) in [7, 11) is 0. The van der Waals surface area contributed by atoms with Crippen molar-refractivity contribution in [1.29, 1.82) is 0 Å². The standard InChI is InChI=1S/C47H84N6O18/c1-43(2,3)68-39(58)49-21-19-28(54)36(57)50-26-22-27(52-41(60)70-45(7,8)9)34(65-37-25(51-40(59)69-44(4,5)6)18-17-24(63-37)16-15-20-48)32(56)33(26)66-38-31(55)30(53-42(61)71-46(10,11)12)35-29(64-38)23-62-47(13,14)67-35/h24-35,37-38,54-56H,15-23,48H2,1-14H3,(H,49,58)(H,50,57)(H,51,59)(H,52,60)(H,53,61)/t24?,25?,26-,27+,28+,29?,30-,31?,32?,33+,34?,35-,37-,38-/m1/s1. The number of carbonyl (C=O) groups excluding carboxylic acids is 5. The number of hydrogen-bond acceptors (Lipinski definition) is 19. The topological polar surface area (TPSA) is 325 Å². The smallest absolute Gasteiger partial charge is 0.408 e. The Bertz CT molecular complexity index is 1780. The van der Waals surface area contributed by atoms with Gasteiger partial charge in [0, 0.05) is 6.54 Å². The Labute approximate surface area is 417 Å². The monoisotopic (exact) mass is 1020 g/mol. The van der Waals surface area contributed by atoms with Gasteiger partial charge in [-0.1, -0.05) is 0 Å². The van der Waals surface area contributed by atoms with Crippen LogP contribution in [0.25, 0.3) is 0 Å². The van der Waals surface area contributed by atoms with E-state index in [1.165, 1.54) is 0 Å². The fourth-order valence-electron chi connectivity index (χ4n) is 8.36. The molecule has 0 radical (unpaired) electrons. The summed E-state index contributed by atoms with van der Waals surface area (Å²) < 4.78 is 60.0. The molecule has 0 spiro atoms. The van der Waals surface area contributed by atoms with Crippen molar-refractivity contribution in [3.63, 3.8) is 0 Å². The third-order valence-corrected chi connectivity index (χ3v) is 11.2. The molecule has 3 aliphatic heterocycles. The molecule has 0 aromatic carbocycles. The van der Waals surface area contributed by atoms with Crippen molar-refractivity contribution in [3.8, 4) is 0 Å². The highest BCUT2D eigenvalue weighted by Crippen LogP contribution is 2.37. The first-order valence-electron chi connectivity index (χ1n) is 24.6. The highest BCUT2D eigenvalue weighted by atomic mass is 16.8. The van der Waals surface area contributed by atoms with Gasteiger partial charge in [0.15, 0.2) is 18.4 Å². The third kappa shape index (κ3) is 19.5. The quantitative estimate of drug-likeness (QED) is 0.106. The van der Waals surface area contributed by atoms with Gasteiger partial charge in [0.1, 0.15) is 65.1 Å². The molecule has 4 aliphatic rings. The number of alkyl carbamates (subject to hydrolysis) is 4. The molecule has 0 aromatic rings. The maximum Gasteiger partial charge on any atom is 0.408 e. The van der Waals surface area contributed by atoms with Crippen LogP contribution in [0.15, 0.2) is 0 Å². The molecule has 0 aromatic heterocycles. The first-order chi connectivity index (χ1) is 32.6. The lowest BCUT2D eigenvalue weighted by Crippen LogP contribution is -2.72. The van der Waals surface area contributed by atoms with Crippen molar-refractivity contribution in [2.75, 3.05) is 19.7 Å². The predicted octanol–water partition coefficient (Wildman–Crippen LogP) is 2.44. The van der Waals surface area contributed by atoms with Crippen LogP contribution in [0.1, 0.15) is 135 Å². The molecule has 1 saturated carbocycles. The van der Waals surface area contributed by atoms with E-state index in [1.54, 1.807) is 96.9 Å². The van der Waals surface area contributed by atoms with Crippen LogP contribution in [0.4, 0.5) is 19.2 Å². The predicted molar refractivity (Wildman–Crippen MR) is 252 cm³/mol. The van der Waals surface area contributed by atoms with E-state index in [4.69, 9.17) is 53.1 Å². The first-order valence-corrected chi connectivity index (χ1v) is 24.6. The van der Waals surface area contributed by atoms with Crippen molar-refractivity contribution in [1.82, 2.24) is 26.6 Å². The van der Waals surface area contributed by atoms with Gasteiger partial charge in [-0.25, -0.2) is 19.2 Å². The van der Waals surface area contributed by atoms with E-state index < -0.39 is 138 Å².